The van der Waals surface area contributed by atoms with E-state index in [1.807, 2.05) is 6.92 Å². The summed E-state index contributed by atoms with van der Waals surface area (Å²) in [5.41, 5.74) is 4.61. The maximum atomic E-state index is 12.4. The third-order valence-corrected chi connectivity index (χ3v) is 5.36. The van der Waals surface area contributed by atoms with E-state index in [4.69, 9.17) is 5.84 Å². The van der Waals surface area contributed by atoms with Crippen molar-refractivity contribution < 1.29 is 8.42 Å². The summed E-state index contributed by atoms with van der Waals surface area (Å²) in [6.07, 6.45) is 0. The van der Waals surface area contributed by atoms with Crippen LogP contribution in [0.25, 0.3) is 0 Å². The number of benzene rings is 1. The lowest BCUT2D eigenvalue weighted by molar-refractivity contribution is 0.414. The van der Waals surface area contributed by atoms with Gasteiger partial charge in [0, 0.05) is 12.2 Å². The van der Waals surface area contributed by atoms with Crippen molar-refractivity contribution in [1.82, 2.24) is 4.72 Å². The van der Waals surface area contributed by atoms with Crippen LogP contribution in [0, 0.1) is 25.7 Å². The van der Waals surface area contributed by atoms with Gasteiger partial charge in [-0.1, -0.05) is 20.8 Å². The maximum Gasteiger partial charge on any atom is 0.241 e. The summed E-state index contributed by atoms with van der Waals surface area (Å²) in [5.74, 6) is 6.08. The molecule has 114 valence electrons. The van der Waals surface area contributed by atoms with Gasteiger partial charge in [0.25, 0.3) is 0 Å². The van der Waals surface area contributed by atoms with Gasteiger partial charge in [0.05, 0.1) is 4.90 Å². The number of nitrogens with two attached hydrogens (primary N) is 1. The van der Waals surface area contributed by atoms with Gasteiger partial charge in [-0.3, -0.25) is 5.84 Å². The second-order valence-corrected chi connectivity index (χ2v) is 7.36. The highest BCUT2D eigenvalue weighted by Gasteiger charge is 2.21. The Morgan fingerprint density at radius 1 is 1.15 bits per heavy atom. The van der Waals surface area contributed by atoms with Gasteiger partial charge in [0.1, 0.15) is 0 Å². The Kier molecular flexibility index (Phi) is 5.56. The number of anilines is 1. The predicted octanol–water partition coefficient (Wildman–Crippen LogP) is 2.16. The van der Waals surface area contributed by atoms with Crippen LogP contribution < -0.4 is 16.0 Å². The average molecular weight is 299 g/mol. The van der Waals surface area contributed by atoms with E-state index < -0.39 is 10.0 Å². The molecule has 0 aromatic heterocycles. The number of aryl methyl sites for hydroxylation is 2. The molecule has 0 heterocycles. The van der Waals surface area contributed by atoms with E-state index in [0.29, 0.717) is 34.2 Å². The Labute approximate surface area is 122 Å². The molecule has 20 heavy (non-hydrogen) atoms. The maximum absolute atomic E-state index is 12.4. The van der Waals surface area contributed by atoms with Crippen LogP contribution in [0.3, 0.4) is 0 Å². The molecule has 0 fully saturated rings. The molecule has 5 nitrogen and oxygen atoms in total. The normalized spacial score (nSPS) is 13.6. The zero-order valence-electron chi connectivity index (χ0n) is 12.8. The molecule has 1 unspecified atom stereocenters. The summed E-state index contributed by atoms with van der Waals surface area (Å²) in [6, 6.07) is 3.46. The van der Waals surface area contributed by atoms with Crippen molar-refractivity contribution in [3.63, 3.8) is 0 Å². The Hall–Kier alpha value is -1.11. The zero-order valence-corrected chi connectivity index (χ0v) is 13.6. The van der Waals surface area contributed by atoms with E-state index in [0.717, 1.165) is 0 Å². The van der Waals surface area contributed by atoms with Crippen molar-refractivity contribution in [2.24, 2.45) is 17.7 Å². The minimum absolute atomic E-state index is 0.287. The van der Waals surface area contributed by atoms with Gasteiger partial charge < -0.3 is 5.43 Å². The molecule has 0 radical (unpaired) electrons. The lowest BCUT2D eigenvalue weighted by Gasteiger charge is -2.18. The van der Waals surface area contributed by atoms with E-state index in [2.05, 4.69) is 24.0 Å². The number of hydrogen-bond donors (Lipinski definition) is 3. The summed E-state index contributed by atoms with van der Waals surface area (Å²) in [6.45, 7) is 10.2. The van der Waals surface area contributed by atoms with Crippen LogP contribution in [-0.4, -0.2) is 15.0 Å². The molecule has 0 aliphatic carbocycles. The molecule has 1 atom stereocenters. The van der Waals surface area contributed by atoms with Gasteiger partial charge in [0.15, 0.2) is 0 Å². The number of sulfonamides is 1. The summed E-state index contributed by atoms with van der Waals surface area (Å²) < 4.78 is 27.6. The highest BCUT2D eigenvalue weighted by molar-refractivity contribution is 7.89. The van der Waals surface area contributed by atoms with E-state index in [1.165, 1.54) is 0 Å². The molecule has 0 aliphatic rings. The number of hydrogen-bond acceptors (Lipinski definition) is 4. The van der Waals surface area contributed by atoms with Gasteiger partial charge in [-0.15, -0.1) is 0 Å². The van der Waals surface area contributed by atoms with Crippen molar-refractivity contribution in [2.45, 2.75) is 39.5 Å². The van der Waals surface area contributed by atoms with Crippen LogP contribution in [0.4, 0.5) is 5.69 Å². The van der Waals surface area contributed by atoms with Crippen molar-refractivity contribution in [3.05, 3.63) is 23.3 Å². The summed E-state index contributed by atoms with van der Waals surface area (Å²) in [5, 5.41) is 0. The molecule has 1 aromatic rings. The standard InChI is InChI=1S/C14H25N3O2S/c1-9(2)12(5)8-16-20(18,19)14-10(3)6-13(17-15)7-11(14)4/h6-7,9,12,16-17H,8,15H2,1-5H3. The third kappa shape index (κ3) is 3.94. The molecule has 0 aliphatic heterocycles. The molecular formula is C14H25N3O2S. The summed E-state index contributed by atoms with van der Waals surface area (Å²) >= 11 is 0. The van der Waals surface area contributed by atoms with Crippen LogP contribution in [0.1, 0.15) is 31.9 Å². The molecule has 0 amide bonds. The highest BCUT2D eigenvalue weighted by atomic mass is 32.2. The first-order chi connectivity index (χ1) is 9.19. The Balaban J connectivity index is 3.04. The largest absolute Gasteiger partial charge is 0.324 e. The topological polar surface area (TPSA) is 84.2 Å². The monoisotopic (exact) mass is 299 g/mol. The van der Waals surface area contributed by atoms with Crippen molar-refractivity contribution in [1.29, 1.82) is 0 Å². The van der Waals surface area contributed by atoms with Gasteiger partial charge in [-0.05, 0) is 48.9 Å². The molecule has 1 rings (SSSR count). The van der Waals surface area contributed by atoms with Crippen molar-refractivity contribution in [2.75, 3.05) is 12.0 Å². The van der Waals surface area contributed by atoms with E-state index >= 15 is 0 Å². The van der Waals surface area contributed by atoms with E-state index in [1.54, 1.807) is 26.0 Å². The molecule has 0 spiro atoms. The molecule has 0 saturated carbocycles. The fraction of sp³-hybridized carbons (Fsp3) is 0.571. The smallest absolute Gasteiger partial charge is 0.241 e. The highest BCUT2D eigenvalue weighted by Crippen LogP contribution is 2.24. The zero-order chi connectivity index (χ0) is 15.5. The minimum atomic E-state index is -3.49. The van der Waals surface area contributed by atoms with Gasteiger partial charge in [-0.25, -0.2) is 13.1 Å². The number of hydrazine groups is 1. The third-order valence-electron chi connectivity index (χ3n) is 3.63. The quantitative estimate of drug-likeness (QED) is 0.555. The predicted molar refractivity (Wildman–Crippen MR) is 82.9 cm³/mol. The van der Waals surface area contributed by atoms with Gasteiger partial charge >= 0.3 is 0 Å². The molecule has 0 bridgehead atoms. The second kappa shape index (κ2) is 6.56. The van der Waals surface area contributed by atoms with Crippen LogP contribution in [0.2, 0.25) is 0 Å². The average Bonchev–Trinajstić information content (AvgIpc) is 2.34. The first-order valence-corrected chi connectivity index (χ1v) is 8.25. The van der Waals surface area contributed by atoms with E-state index in [9.17, 15) is 8.42 Å². The molecule has 1 aromatic carbocycles. The molecule has 0 saturated heterocycles. The Morgan fingerprint density at radius 3 is 2.05 bits per heavy atom. The lowest BCUT2D eigenvalue weighted by Crippen LogP contribution is -2.31. The van der Waals surface area contributed by atoms with Crippen LogP contribution in [0.5, 0.6) is 0 Å². The van der Waals surface area contributed by atoms with Gasteiger partial charge in [0.2, 0.25) is 10.0 Å². The molecule has 6 heteroatoms. The Bertz CT molecular complexity index is 545. The lowest BCUT2D eigenvalue weighted by atomic mass is 9.99. The summed E-state index contributed by atoms with van der Waals surface area (Å²) in [4.78, 5) is 0.340. The fourth-order valence-electron chi connectivity index (χ4n) is 2.01. The number of nitrogens with one attached hydrogen (secondary N) is 2. The van der Waals surface area contributed by atoms with Crippen LogP contribution in [0.15, 0.2) is 17.0 Å². The first-order valence-electron chi connectivity index (χ1n) is 6.76. The molecule has 4 N–H and O–H groups in total. The van der Waals surface area contributed by atoms with Crippen LogP contribution >= 0.6 is 0 Å². The second-order valence-electron chi connectivity index (χ2n) is 5.66. The van der Waals surface area contributed by atoms with E-state index in [-0.39, 0.29) is 5.92 Å². The number of nitrogen functional groups attached to an aromatic ring is 1. The van der Waals surface area contributed by atoms with Gasteiger partial charge in [-0.2, -0.15) is 0 Å². The minimum Gasteiger partial charge on any atom is -0.324 e. The van der Waals surface area contributed by atoms with Crippen molar-refractivity contribution in [3.8, 4) is 0 Å². The summed E-state index contributed by atoms with van der Waals surface area (Å²) in [7, 11) is -3.49. The van der Waals surface area contributed by atoms with Crippen LogP contribution in [-0.2, 0) is 10.0 Å². The molecular weight excluding hydrogens is 274 g/mol. The van der Waals surface area contributed by atoms with Crippen molar-refractivity contribution >= 4 is 15.7 Å². The SMILES string of the molecule is Cc1cc(NN)cc(C)c1S(=O)(=O)NCC(C)C(C)C. The number of rotatable bonds is 6. The fourth-order valence-corrected chi connectivity index (χ4v) is 3.60. The first kappa shape index (κ1) is 16.9. The Morgan fingerprint density at radius 2 is 1.65 bits per heavy atom.